The minimum atomic E-state index is -0.286. The maximum Gasteiger partial charge on any atom is 0.113 e. The summed E-state index contributed by atoms with van der Waals surface area (Å²) in [7, 11) is 0. The maximum absolute atomic E-state index is 6.62. The lowest BCUT2D eigenvalue weighted by Gasteiger charge is -2.35. The van der Waals surface area contributed by atoms with E-state index in [4.69, 9.17) is 33.9 Å². The molecule has 3 rings (SSSR count). The van der Waals surface area contributed by atoms with Gasteiger partial charge in [-0.05, 0) is 37.0 Å². The molecule has 1 aromatic heterocycles. The molecule has 1 saturated carbocycles. The van der Waals surface area contributed by atoms with Crippen LogP contribution in [0.15, 0.2) is 23.6 Å². The molecule has 112 valence electrons. The number of aromatic nitrogens is 1. The van der Waals surface area contributed by atoms with Crippen molar-refractivity contribution < 1.29 is 0 Å². The van der Waals surface area contributed by atoms with Gasteiger partial charge in [-0.3, -0.25) is 0 Å². The Balaban J connectivity index is 1.94. The summed E-state index contributed by atoms with van der Waals surface area (Å²) in [5, 5.41) is 4.37. The molecule has 0 saturated heterocycles. The van der Waals surface area contributed by atoms with E-state index in [1.165, 1.54) is 12.8 Å². The van der Waals surface area contributed by atoms with Crippen LogP contribution in [0.3, 0.4) is 0 Å². The lowest BCUT2D eigenvalue weighted by Crippen LogP contribution is -2.40. The van der Waals surface area contributed by atoms with Gasteiger partial charge in [0.15, 0.2) is 0 Å². The molecule has 2 aromatic rings. The first kappa shape index (κ1) is 15.3. The van der Waals surface area contributed by atoms with Gasteiger partial charge in [-0.1, -0.05) is 43.0 Å². The van der Waals surface area contributed by atoms with E-state index < -0.39 is 0 Å². The summed E-state index contributed by atoms with van der Waals surface area (Å²) in [6.45, 7) is 2.27. The smallest absolute Gasteiger partial charge is 0.113 e. The van der Waals surface area contributed by atoms with Gasteiger partial charge in [0.05, 0.1) is 16.3 Å². The van der Waals surface area contributed by atoms with Crippen LogP contribution in [0.25, 0.3) is 11.3 Å². The van der Waals surface area contributed by atoms with Crippen molar-refractivity contribution in [1.82, 2.24) is 4.98 Å². The van der Waals surface area contributed by atoms with Crippen molar-refractivity contribution in [1.29, 1.82) is 0 Å². The molecule has 1 aliphatic rings. The molecule has 1 aromatic carbocycles. The Bertz CT molecular complexity index is 655. The van der Waals surface area contributed by atoms with Crippen LogP contribution in [0.4, 0.5) is 0 Å². The van der Waals surface area contributed by atoms with Crippen molar-refractivity contribution in [3.63, 3.8) is 0 Å². The molecular formula is C16H18Cl2N2S. The zero-order valence-corrected chi connectivity index (χ0v) is 14.2. The summed E-state index contributed by atoms with van der Waals surface area (Å²) in [5.74, 6) is 0.658. The molecule has 2 N–H and O–H groups in total. The summed E-state index contributed by atoms with van der Waals surface area (Å²) in [5.41, 5.74) is 8.07. The van der Waals surface area contributed by atoms with Crippen LogP contribution < -0.4 is 5.73 Å². The fourth-order valence-electron chi connectivity index (χ4n) is 3.11. The Labute approximate surface area is 139 Å². The topological polar surface area (TPSA) is 38.9 Å². The third kappa shape index (κ3) is 3.11. The molecule has 2 unspecified atom stereocenters. The minimum Gasteiger partial charge on any atom is -0.319 e. The molecule has 1 heterocycles. The molecule has 0 aliphatic heterocycles. The standard InChI is InChI=1S/C16H18Cl2N2S/c1-10-3-2-6-16(19,8-10)15-20-14(9-21-15)12-7-11(17)4-5-13(12)18/h4-5,7,9-10H,2-3,6,8,19H2,1H3. The summed E-state index contributed by atoms with van der Waals surface area (Å²) >= 11 is 13.9. The van der Waals surface area contributed by atoms with E-state index in [2.05, 4.69) is 6.92 Å². The number of hydrogen-bond donors (Lipinski definition) is 1. The van der Waals surface area contributed by atoms with Crippen LogP contribution >= 0.6 is 34.5 Å². The Kier molecular flexibility index (Phi) is 4.28. The predicted molar refractivity (Wildman–Crippen MR) is 91.1 cm³/mol. The largest absolute Gasteiger partial charge is 0.319 e. The first-order valence-corrected chi connectivity index (χ1v) is 8.82. The fourth-order valence-corrected chi connectivity index (χ4v) is 4.47. The number of halogens is 2. The molecule has 2 nitrogen and oxygen atoms in total. The first-order valence-electron chi connectivity index (χ1n) is 7.18. The van der Waals surface area contributed by atoms with E-state index in [1.54, 1.807) is 23.5 Å². The van der Waals surface area contributed by atoms with Crippen molar-refractivity contribution in [3.8, 4) is 11.3 Å². The lowest BCUT2D eigenvalue weighted by molar-refractivity contribution is 0.238. The van der Waals surface area contributed by atoms with Crippen molar-refractivity contribution in [2.45, 2.75) is 38.1 Å². The van der Waals surface area contributed by atoms with E-state index in [0.29, 0.717) is 16.0 Å². The average molecular weight is 341 g/mol. The summed E-state index contributed by atoms with van der Waals surface area (Å²) in [4.78, 5) is 4.76. The number of benzene rings is 1. The Morgan fingerprint density at radius 2 is 2.19 bits per heavy atom. The van der Waals surface area contributed by atoms with Gasteiger partial charge in [0.25, 0.3) is 0 Å². The highest BCUT2D eigenvalue weighted by Gasteiger charge is 2.35. The monoisotopic (exact) mass is 340 g/mol. The van der Waals surface area contributed by atoms with Crippen LogP contribution in [-0.2, 0) is 5.54 Å². The van der Waals surface area contributed by atoms with Gasteiger partial charge in [0, 0.05) is 16.0 Å². The Hall–Kier alpha value is -0.610. The van der Waals surface area contributed by atoms with E-state index in [-0.39, 0.29) is 5.54 Å². The molecule has 21 heavy (non-hydrogen) atoms. The highest BCUT2D eigenvalue weighted by atomic mass is 35.5. The summed E-state index contributed by atoms with van der Waals surface area (Å²) in [6.07, 6.45) is 4.44. The van der Waals surface area contributed by atoms with E-state index in [1.807, 2.05) is 11.4 Å². The van der Waals surface area contributed by atoms with Crippen LogP contribution in [0.1, 0.15) is 37.6 Å². The van der Waals surface area contributed by atoms with Crippen molar-refractivity contribution >= 4 is 34.5 Å². The molecule has 0 amide bonds. The van der Waals surface area contributed by atoms with Crippen molar-refractivity contribution in [2.24, 2.45) is 11.7 Å². The highest BCUT2D eigenvalue weighted by Crippen LogP contribution is 2.41. The number of hydrogen-bond acceptors (Lipinski definition) is 3. The highest BCUT2D eigenvalue weighted by molar-refractivity contribution is 7.10. The number of thiazole rings is 1. The van der Waals surface area contributed by atoms with E-state index in [9.17, 15) is 0 Å². The van der Waals surface area contributed by atoms with Crippen molar-refractivity contribution in [2.75, 3.05) is 0 Å². The SMILES string of the molecule is CC1CCCC(N)(c2nc(-c3cc(Cl)ccc3Cl)cs2)C1. The molecule has 0 bridgehead atoms. The second kappa shape index (κ2) is 5.88. The molecule has 2 atom stereocenters. The molecule has 0 spiro atoms. The quantitative estimate of drug-likeness (QED) is 0.785. The van der Waals surface area contributed by atoms with Gasteiger partial charge < -0.3 is 5.73 Å². The third-order valence-electron chi connectivity index (χ3n) is 4.17. The van der Waals surface area contributed by atoms with Gasteiger partial charge >= 0.3 is 0 Å². The summed E-state index contributed by atoms with van der Waals surface area (Å²) < 4.78 is 0. The van der Waals surface area contributed by atoms with E-state index >= 15 is 0 Å². The van der Waals surface area contributed by atoms with Crippen molar-refractivity contribution in [3.05, 3.63) is 38.6 Å². The molecule has 1 aliphatic carbocycles. The zero-order valence-electron chi connectivity index (χ0n) is 11.9. The predicted octanol–water partition coefficient (Wildman–Crippen LogP) is 5.48. The number of nitrogens with two attached hydrogens (primary N) is 1. The van der Waals surface area contributed by atoms with Crippen LogP contribution in [-0.4, -0.2) is 4.98 Å². The second-order valence-corrected chi connectivity index (χ2v) is 7.72. The van der Waals surface area contributed by atoms with Gasteiger partial charge in [-0.25, -0.2) is 4.98 Å². The minimum absolute atomic E-state index is 0.286. The summed E-state index contributed by atoms with van der Waals surface area (Å²) in [6, 6.07) is 5.45. The van der Waals surface area contributed by atoms with Crippen LogP contribution in [0.5, 0.6) is 0 Å². The molecule has 1 fully saturated rings. The van der Waals surface area contributed by atoms with Crippen LogP contribution in [0.2, 0.25) is 10.0 Å². The number of nitrogens with zero attached hydrogens (tertiary/aromatic N) is 1. The molecular weight excluding hydrogens is 323 g/mol. The molecule has 0 radical (unpaired) electrons. The van der Waals surface area contributed by atoms with Gasteiger partial charge in [-0.2, -0.15) is 0 Å². The Morgan fingerprint density at radius 1 is 1.38 bits per heavy atom. The fraction of sp³-hybridized carbons (Fsp3) is 0.438. The maximum atomic E-state index is 6.62. The van der Waals surface area contributed by atoms with Gasteiger partial charge in [-0.15, -0.1) is 11.3 Å². The van der Waals surface area contributed by atoms with Crippen LogP contribution in [0, 0.1) is 5.92 Å². The average Bonchev–Trinajstić information content (AvgIpc) is 2.91. The van der Waals surface area contributed by atoms with Gasteiger partial charge in [0.2, 0.25) is 0 Å². The zero-order chi connectivity index (χ0) is 15.0. The Morgan fingerprint density at radius 3 is 2.95 bits per heavy atom. The normalized spacial score (nSPS) is 26.0. The molecule has 5 heteroatoms. The third-order valence-corrected chi connectivity index (χ3v) is 5.79. The lowest BCUT2D eigenvalue weighted by atomic mass is 9.77. The second-order valence-electron chi connectivity index (χ2n) is 6.02. The van der Waals surface area contributed by atoms with Gasteiger partial charge in [0.1, 0.15) is 5.01 Å². The number of rotatable bonds is 2. The first-order chi connectivity index (χ1) is 9.98. The van der Waals surface area contributed by atoms with E-state index in [0.717, 1.165) is 29.1 Å².